The topological polar surface area (TPSA) is 92.7 Å². The molecule has 2 aliphatic rings. The predicted octanol–water partition coefficient (Wildman–Crippen LogP) is 1.63. The van der Waals surface area contributed by atoms with E-state index >= 15 is 0 Å². The van der Waals surface area contributed by atoms with E-state index in [0.29, 0.717) is 24.3 Å². The number of hydrogen-bond donors (Lipinski definition) is 2. The van der Waals surface area contributed by atoms with E-state index in [-0.39, 0.29) is 0 Å². The SMILES string of the molecule is O=C(NCC1CC2CCC1C2)OCC(F)(F)S(=O)(=O)O. The molecule has 2 N–H and O–H groups in total. The average molecular weight is 313 g/mol. The quantitative estimate of drug-likeness (QED) is 0.753. The van der Waals surface area contributed by atoms with Gasteiger partial charge in [-0.1, -0.05) is 6.42 Å². The van der Waals surface area contributed by atoms with Crippen molar-refractivity contribution in [1.82, 2.24) is 5.32 Å². The Balaban J connectivity index is 1.71. The van der Waals surface area contributed by atoms with E-state index in [1.54, 1.807) is 0 Å². The van der Waals surface area contributed by atoms with Crippen LogP contribution in [0.25, 0.3) is 0 Å². The Kier molecular flexibility index (Phi) is 4.19. The summed E-state index contributed by atoms with van der Waals surface area (Å²) in [5, 5.41) is -2.13. The fraction of sp³-hybridized carbons (Fsp3) is 0.909. The van der Waals surface area contributed by atoms with Crippen molar-refractivity contribution in [2.24, 2.45) is 17.8 Å². The van der Waals surface area contributed by atoms with Gasteiger partial charge in [-0.05, 0) is 37.0 Å². The van der Waals surface area contributed by atoms with Crippen LogP contribution in [0.1, 0.15) is 25.7 Å². The molecule has 0 aromatic carbocycles. The molecule has 9 heteroatoms. The number of halogens is 2. The van der Waals surface area contributed by atoms with Gasteiger partial charge in [0.1, 0.15) is 0 Å². The summed E-state index contributed by atoms with van der Waals surface area (Å²) in [5.74, 6) is 1.61. The number of alkyl carbamates (subject to hydrolysis) is 1. The highest BCUT2D eigenvalue weighted by molar-refractivity contribution is 7.86. The van der Waals surface area contributed by atoms with E-state index < -0.39 is 28.1 Å². The molecule has 1 amide bonds. The van der Waals surface area contributed by atoms with Gasteiger partial charge in [0.15, 0.2) is 6.61 Å². The standard InChI is InChI=1S/C11H17F2NO5S/c12-11(13,20(16,17)18)6-19-10(15)14-5-9-4-7-1-2-8(9)3-7/h7-9H,1-6H2,(H,14,15)(H,16,17,18). The van der Waals surface area contributed by atoms with Crippen molar-refractivity contribution in [3.8, 4) is 0 Å². The lowest BCUT2D eigenvalue weighted by molar-refractivity contribution is 0.00702. The van der Waals surface area contributed by atoms with E-state index in [2.05, 4.69) is 10.1 Å². The molecule has 2 bridgehead atoms. The molecule has 2 rings (SSSR count). The van der Waals surface area contributed by atoms with Crippen molar-refractivity contribution in [3.05, 3.63) is 0 Å². The largest absolute Gasteiger partial charge is 0.442 e. The van der Waals surface area contributed by atoms with E-state index in [1.807, 2.05) is 0 Å². The Hall–Kier alpha value is -0.960. The van der Waals surface area contributed by atoms with Gasteiger partial charge in [-0.25, -0.2) is 4.79 Å². The predicted molar refractivity (Wildman–Crippen MR) is 64.8 cm³/mol. The summed E-state index contributed by atoms with van der Waals surface area (Å²) < 4.78 is 58.6. The van der Waals surface area contributed by atoms with Crippen LogP contribution in [0.2, 0.25) is 0 Å². The summed E-state index contributed by atoms with van der Waals surface area (Å²) >= 11 is 0. The lowest BCUT2D eigenvalue weighted by atomic mass is 9.89. The summed E-state index contributed by atoms with van der Waals surface area (Å²) in [4.78, 5) is 11.2. The van der Waals surface area contributed by atoms with Gasteiger partial charge in [-0.3, -0.25) is 4.55 Å². The Morgan fingerprint density at radius 2 is 2.05 bits per heavy atom. The summed E-state index contributed by atoms with van der Waals surface area (Å²) in [7, 11) is -5.57. The minimum atomic E-state index is -5.57. The van der Waals surface area contributed by atoms with Crippen molar-refractivity contribution >= 4 is 16.2 Å². The second-order valence-corrected chi connectivity index (χ2v) is 7.05. The van der Waals surface area contributed by atoms with Gasteiger partial charge >= 0.3 is 21.5 Å². The summed E-state index contributed by atoms with van der Waals surface area (Å²) in [5.41, 5.74) is 0. The van der Waals surface area contributed by atoms with Gasteiger partial charge in [-0.15, -0.1) is 0 Å². The van der Waals surface area contributed by atoms with Crippen molar-refractivity contribution in [2.75, 3.05) is 13.2 Å². The zero-order chi connectivity index (χ0) is 15.0. The van der Waals surface area contributed by atoms with Crippen LogP contribution in [0.5, 0.6) is 0 Å². The van der Waals surface area contributed by atoms with Crippen LogP contribution >= 0.6 is 0 Å². The van der Waals surface area contributed by atoms with Crippen LogP contribution in [0.4, 0.5) is 13.6 Å². The van der Waals surface area contributed by atoms with Gasteiger partial charge in [0, 0.05) is 6.54 Å². The fourth-order valence-corrected chi connectivity index (χ4v) is 3.32. The van der Waals surface area contributed by atoms with Crippen molar-refractivity contribution in [2.45, 2.75) is 30.9 Å². The zero-order valence-corrected chi connectivity index (χ0v) is 11.5. The Labute approximate surface area is 115 Å². The normalized spacial score (nSPS) is 29.4. The van der Waals surface area contributed by atoms with Crippen LogP contribution < -0.4 is 5.32 Å². The molecule has 0 aromatic heterocycles. The average Bonchev–Trinajstić information content (AvgIpc) is 2.94. The maximum Gasteiger partial charge on any atom is 0.407 e. The highest BCUT2D eigenvalue weighted by atomic mass is 32.2. The van der Waals surface area contributed by atoms with Crippen LogP contribution in [-0.2, 0) is 14.9 Å². The number of fused-ring (bicyclic) bond motifs is 2. The van der Waals surface area contributed by atoms with E-state index in [4.69, 9.17) is 4.55 Å². The molecule has 3 atom stereocenters. The molecule has 116 valence electrons. The number of rotatable bonds is 5. The third-order valence-corrected chi connectivity index (χ3v) is 5.01. The highest BCUT2D eigenvalue weighted by Crippen LogP contribution is 2.47. The first-order chi connectivity index (χ1) is 9.19. The first-order valence-corrected chi connectivity index (χ1v) is 7.88. The van der Waals surface area contributed by atoms with E-state index in [1.165, 1.54) is 6.42 Å². The number of nitrogens with one attached hydrogen (secondary N) is 1. The monoisotopic (exact) mass is 313 g/mol. The molecule has 6 nitrogen and oxygen atoms in total. The van der Waals surface area contributed by atoms with E-state index in [9.17, 15) is 22.0 Å². The minimum absolute atomic E-state index is 0.336. The van der Waals surface area contributed by atoms with Crippen LogP contribution in [0.15, 0.2) is 0 Å². The molecule has 0 radical (unpaired) electrons. The first-order valence-electron chi connectivity index (χ1n) is 6.44. The lowest BCUT2D eigenvalue weighted by Gasteiger charge is -2.21. The molecule has 0 heterocycles. The Morgan fingerprint density at radius 3 is 2.55 bits per heavy atom. The number of alkyl halides is 2. The molecule has 2 fully saturated rings. The Morgan fingerprint density at radius 1 is 1.35 bits per heavy atom. The number of amides is 1. The fourth-order valence-electron chi connectivity index (χ4n) is 3.12. The molecule has 20 heavy (non-hydrogen) atoms. The van der Waals surface area contributed by atoms with Gasteiger partial charge in [-0.2, -0.15) is 17.2 Å². The maximum atomic E-state index is 12.8. The third kappa shape index (κ3) is 3.38. The first kappa shape index (κ1) is 15.4. The van der Waals surface area contributed by atoms with Gasteiger partial charge in [0.2, 0.25) is 0 Å². The molecule has 0 spiro atoms. The maximum absolute atomic E-state index is 12.8. The minimum Gasteiger partial charge on any atom is -0.442 e. The van der Waals surface area contributed by atoms with Crippen molar-refractivity contribution in [1.29, 1.82) is 0 Å². The van der Waals surface area contributed by atoms with Crippen molar-refractivity contribution in [3.63, 3.8) is 0 Å². The van der Waals surface area contributed by atoms with Gasteiger partial charge < -0.3 is 10.1 Å². The molecule has 3 unspecified atom stereocenters. The van der Waals surface area contributed by atoms with Crippen LogP contribution in [-0.4, -0.2) is 37.5 Å². The number of carbonyl (C=O) groups excluding carboxylic acids is 1. The van der Waals surface area contributed by atoms with Gasteiger partial charge in [0.05, 0.1) is 0 Å². The summed E-state index contributed by atoms with van der Waals surface area (Å²) in [6.45, 7) is -1.36. The lowest BCUT2D eigenvalue weighted by Crippen LogP contribution is -2.38. The molecular weight excluding hydrogens is 296 g/mol. The smallest absolute Gasteiger partial charge is 0.407 e. The second-order valence-electron chi connectivity index (χ2n) is 5.50. The van der Waals surface area contributed by atoms with Crippen LogP contribution in [0.3, 0.4) is 0 Å². The number of hydrogen-bond acceptors (Lipinski definition) is 4. The molecule has 0 aromatic rings. The number of carbonyl (C=O) groups is 1. The molecule has 2 aliphatic carbocycles. The zero-order valence-electron chi connectivity index (χ0n) is 10.7. The Bertz CT molecular complexity index is 481. The summed E-state index contributed by atoms with van der Waals surface area (Å²) in [6.07, 6.45) is 3.42. The number of ether oxygens (including phenoxy) is 1. The van der Waals surface area contributed by atoms with Crippen LogP contribution in [0, 0.1) is 17.8 Å². The van der Waals surface area contributed by atoms with E-state index in [0.717, 1.165) is 19.3 Å². The molecule has 0 saturated heterocycles. The molecule has 2 saturated carbocycles. The summed E-state index contributed by atoms with van der Waals surface area (Å²) in [6, 6.07) is 0. The van der Waals surface area contributed by atoms with Gasteiger partial charge in [0.25, 0.3) is 0 Å². The van der Waals surface area contributed by atoms with Crippen molar-refractivity contribution < 1.29 is 31.3 Å². The third-order valence-electron chi connectivity index (χ3n) is 4.14. The highest BCUT2D eigenvalue weighted by Gasteiger charge is 2.45. The molecular formula is C11H17F2NO5S. The molecule has 0 aliphatic heterocycles. The second kappa shape index (κ2) is 5.44.